The summed E-state index contributed by atoms with van der Waals surface area (Å²) in [6, 6.07) is 0. The number of hydrazine groups is 1. The molecular weight excluding hydrogens is 220 g/mol. The number of nitrogens with one attached hydrogen (secondary N) is 2. The number of nitrogens with zero attached hydrogens (tertiary/aromatic N) is 3. The molecule has 0 saturated heterocycles. The second-order valence-electron chi connectivity index (χ2n) is 3.45. The highest BCUT2D eigenvalue weighted by atomic mass is 16.5. The smallest absolute Gasteiger partial charge is 0.205 e. The number of hydrogen-bond acceptors (Lipinski definition) is 4. The molecule has 1 rings (SSSR count). The molecule has 96 valence electrons. The van der Waals surface area contributed by atoms with Gasteiger partial charge in [-0.3, -0.25) is 10.4 Å². The molecule has 0 aliphatic rings. The van der Waals surface area contributed by atoms with Gasteiger partial charge in [0.2, 0.25) is 5.96 Å². The molecule has 0 bridgehead atoms. The van der Waals surface area contributed by atoms with Crippen molar-refractivity contribution in [1.29, 1.82) is 0 Å². The van der Waals surface area contributed by atoms with Crippen molar-refractivity contribution in [3.8, 4) is 0 Å². The van der Waals surface area contributed by atoms with Gasteiger partial charge in [0.05, 0.1) is 6.33 Å². The van der Waals surface area contributed by atoms with Crippen molar-refractivity contribution in [3.63, 3.8) is 0 Å². The topological polar surface area (TPSA) is 89.5 Å². The lowest BCUT2D eigenvalue weighted by atomic mass is 10.5. The Hall–Kier alpha value is -1.60. The van der Waals surface area contributed by atoms with E-state index in [-0.39, 0.29) is 0 Å². The minimum absolute atomic E-state index is 0.598. The van der Waals surface area contributed by atoms with Gasteiger partial charge in [0.1, 0.15) is 0 Å². The Kier molecular flexibility index (Phi) is 6.76. The molecule has 1 heterocycles. The van der Waals surface area contributed by atoms with Gasteiger partial charge < -0.3 is 14.6 Å². The van der Waals surface area contributed by atoms with Crippen molar-refractivity contribution in [2.45, 2.75) is 13.0 Å². The number of guanidine groups is 1. The van der Waals surface area contributed by atoms with Gasteiger partial charge in [0.15, 0.2) is 0 Å². The zero-order valence-corrected chi connectivity index (χ0v) is 10.1. The highest BCUT2D eigenvalue weighted by Gasteiger charge is 1.95. The summed E-state index contributed by atoms with van der Waals surface area (Å²) in [7, 11) is 1.68. The normalized spacial score (nSPS) is 11.5. The van der Waals surface area contributed by atoms with E-state index in [0.29, 0.717) is 19.1 Å². The first-order valence-electron chi connectivity index (χ1n) is 5.56. The largest absolute Gasteiger partial charge is 0.385 e. The average molecular weight is 240 g/mol. The molecule has 0 atom stereocenters. The van der Waals surface area contributed by atoms with Crippen molar-refractivity contribution in [2.75, 3.05) is 26.8 Å². The summed E-state index contributed by atoms with van der Waals surface area (Å²) in [4.78, 5) is 8.22. The monoisotopic (exact) mass is 240 g/mol. The van der Waals surface area contributed by atoms with Crippen LogP contribution in [0.3, 0.4) is 0 Å². The van der Waals surface area contributed by atoms with Gasteiger partial charge in [-0.25, -0.2) is 10.8 Å². The molecule has 0 unspecified atom stereocenters. The summed E-state index contributed by atoms with van der Waals surface area (Å²) in [6.45, 7) is 2.95. The van der Waals surface area contributed by atoms with Crippen molar-refractivity contribution in [2.24, 2.45) is 10.8 Å². The van der Waals surface area contributed by atoms with E-state index in [1.807, 2.05) is 10.8 Å². The fourth-order valence-corrected chi connectivity index (χ4v) is 1.27. The fraction of sp³-hybridized carbons (Fsp3) is 0.600. The van der Waals surface area contributed by atoms with E-state index in [2.05, 4.69) is 20.7 Å². The molecular formula is C10H20N6O. The summed E-state index contributed by atoms with van der Waals surface area (Å²) in [6.07, 6.45) is 6.31. The molecule has 0 spiro atoms. The average Bonchev–Trinajstić information content (AvgIpc) is 2.85. The van der Waals surface area contributed by atoms with Crippen molar-refractivity contribution < 1.29 is 4.74 Å². The number of methoxy groups -OCH3 is 1. The second kappa shape index (κ2) is 8.54. The lowest BCUT2D eigenvalue weighted by Gasteiger charge is -2.09. The van der Waals surface area contributed by atoms with E-state index in [1.54, 1.807) is 19.6 Å². The second-order valence-corrected chi connectivity index (χ2v) is 3.45. The third-order valence-electron chi connectivity index (χ3n) is 2.13. The molecule has 7 nitrogen and oxygen atoms in total. The lowest BCUT2D eigenvalue weighted by molar-refractivity contribution is 0.197. The Labute approximate surface area is 101 Å². The standard InChI is InChI=1S/C10H20N6O/c1-17-8-2-3-13-10(15-11)14-5-7-16-6-4-12-9-16/h4,6,9H,2-3,5,7-8,11H2,1H3,(H2,13,14,15). The molecule has 0 aliphatic carbocycles. The minimum atomic E-state index is 0.598. The lowest BCUT2D eigenvalue weighted by Crippen LogP contribution is -2.42. The molecule has 17 heavy (non-hydrogen) atoms. The van der Waals surface area contributed by atoms with Gasteiger partial charge in [0, 0.05) is 45.7 Å². The Morgan fingerprint density at radius 1 is 1.59 bits per heavy atom. The van der Waals surface area contributed by atoms with E-state index >= 15 is 0 Å². The van der Waals surface area contributed by atoms with Crippen LogP contribution in [0.2, 0.25) is 0 Å². The van der Waals surface area contributed by atoms with E-state index in [9.17, 15) is 0 Å². The van der Waals surface area contributed by atoms with Crippen LogP contribution in [-0.2, 0) is 11.3 Å². The third-order valence-corrected chi connectivity index (χ3v) is 2.13. The summed E-state index contributed by atoms with van der Waals surface area (Å²) in [5, 5.41) is 3.11. The van der Waals surface area contributed by atoms with Crippen LogP contribution in [0.25, 0.3) is 0 Å². The number of ether oxygens (including phenoxy) is 1. The Bertz CT molecular complexity index is 311. The van der Waals surface area contributed by atoms with Crippen LogP contribution in [-0.4, -0.2) is 42.3 Å². The first-order valence-corrected chi connectivity index (χ1v) is 5.56. The molecule has 7 heteroatoms. The molecule has 0 amide bonds. The molecule has 1 aromatic heterocycles. The van der Waals surface area contributed by atoms with E-state index in [0.717, 1.165) is 19.5 Å². The number of hydrogen-bond donors (Lipinski definition) is 3. The fourth-order valence-electron chi connectivity index (χ4n) is 1.27. The Balaban J connectivity index is 2.17. The maximum Gasteiger partial charge on any atom is 0.205 e. The van der Waals surface area contributed by atoms with Crippen LogP contribution in [0.4, 0.5) is 0 Å². The molecule has 0 aliphatic heterocycles. The van der Waals surface area contributed by atoms with Gasteiger partial charge in [-0.2, -0.15) is 0 Å². The molecule has 4 N–H and O–H groups in total. The summed E-state index contributed by atoms with van der Waals surface area (Å²) in [5.74, 6) is 5.95. The van der Waals surface area contributed by atoms with Crippen LogP contribution in [0.1, 0.15) is 6.42 Å². The van der Waals surface area contributed by atoms with E-state index < -0.39 is 0 Å². The first-order chi connectivity index (χ1) is 8.36. The van der Waals surface area contributed by atoms with Crippen LogP contribution in [0, 0.1) is 0 Å². The maximum atomic E-state index is 5.35. The van der Waals surface area contributed by atoms with Crippen molar-refractivity contribution >= 4 is 5.96 Å². The van der Waals surface area contributed by atoms with Crippen molar-refractivity contribution in [3.05, 3.63) is 18.7 Å². The maximum absolute atomic E-state index is 5.35. The predicted molar refractivity (Wildman–Crippen MR) is 66.3 cm³/mol. The minimum Gasteiger partial charge on any atom is -0.385 e. The van der Waals surface area contributed by atoms with Gasteiger partial charge in [0.25, 0.3) is 0 Å². The molecule has 0 fully saturated rings. The van der Waals surface area contributed by atoms with Crippen LogP contribution < -0.4 is 16.6 Å². The third kappa shape index (κ3) is 5.88. The highest BCUT2D eigenvalue weighted by molar-refractivity contribution is 5.79. The molecule has 0 radical (unpaired) electrons. The molecule has 1 aromatic rings. The predicted octanol–water partition coefficient (Wildman–Crippen LogP) is -0.671. The number of nitrogens with two attached hydrogens (primary N) is 1. The van der Waals surface area contributed by atoms with Crippen LogP contribution >= 0.6 is 0 Å². The zero-order valence-electron chi connectivity index (χ0n) is 10.1. The van der Waals surface area contributed by atoms with Crippen LogP contribution in [0.5, 0.6) is 0 Å². The van der Waals surface area contributed by atoms with Gasteiger partial charge >= 0.3 is 0 Å². The first kappa shape index (κ1) is 13.5. The molecule has 0 aromatic carbocycles. The zero-order chi connectivity index (χ0) is 12.3. The summed E-state index contributed by atoms with van der Waals surface area (Å²) in [5.41, 5.74) is 2.53. The number of rotatable bonds is 7. The summed E-state index contributed by atoms with van der Waals surface area (Å²) < 4.78 is 6.91. The Morgan fingerprint density at radius 3 is 3.12 bits per heavy atom. The van der Waals surface area contributed by atoms with Gasteiger partial charge in [-0.1, -0.05) is 0 Å². The summed E-state index contributed by atoms with van der Waals surface area (Å²) >= 11 is 0. The van der Waals surface area contributed by atoms with Crippen LogP contribution in [0.15, 0.2) is 23.7 Å². The number of imidazole rings is 1. The molecule has 0 saturated carbocycles. The Morgan fingerprint density at radius 2 is 2.47 bits per heavy atom. The van der Waals surface area contributed by atoms with E-state index in [4.69, 9.17) is 10.6 Å². The SMILES string of the molecule is COCCCN=C(NN)NCCn1ccnc1. The van der Waals surface area contributed by atoms with Gasteiger partial charge in [-0.15, -0.1) is 0 Å². The van der Waals surface area contributed by atoms with E-state index in [1.165, 1.54) is 0 Å². The van der Waals surface area contributed by atoms with Crippen molar-refractivity contribution in [1.82, 2.24) is 20.3 Å². The highest BCUT2D eigenvalue weighted by Crippen LogP contribution is 1.85. The quantitative estimate of drug-likeness (QED) is 0.193. The number of aromatic nitrogens is 2. The van der Waals surface area contributed by atoms with Gasteiger partial charge in [-0.05, 0) is 6.42 Å². The number of aliphatic imine (C=N–C) groups is 1.